The molecule has 0 amide bonds. The molecule has 3 aromatic heterocycles. The number of nitrogens with zero attached hydrogens (tertiary/aromatic N) is 5. The van der Waals surface area contributed by atoms with E-state index in [0.717, 1.165) is 19.1 Å². The van der Waals surface area contributed by atoms with Crippen LogP contribution in [-0.2, 0) is 11.4 Å². The summed E-state index contributed by atoms with van der Waals surface area (Å²) in [6.45, 7) is 3.62. The van der Waals surface area contributed by atoms with Crippen LogP contribution in [0.4, 0.5) is 20.4 Å². The molecule has 1 fully saturated rings. The van der Waals surface area contributed by atoms with Gasteiger partial charge in [0.1, 0.15) is 22.4 Å². The Balaban J connectivity index is 1.59. The Labute approximate surface area is 186 Å². The van der Waals surface area contributed by atoms with Crippen LogP contribution in [0.3, 0.4) is 0 Å². The van der Waals surface area contributed by atoms with Gasteiger partial charge in [-0.2, -0.15) is 0 Å². The maximum Gasteiger partial charge on any atom is 0.295 e. The maximum atomic E-state index is 13.4. The van der Waals surface area contributed by atoms with E-state index >= 15 is 0 Å². The van der Waals surface area contributed by atoms with E-state index in [-0.39, 0.29) is 22.9 Å². The number of aromatic nitrogens is 5. The zero-order valence-corrected chi connectivity index (χ0v) is 18.2. The first-order chi connectivity index (χ1) is 15.4. The van der Waals surface area contributed by atoms with Gasteiger partial charge in [-0.1, -0.05) is 0 Å². The Morgan fingerprint density at radius 3 is 2.72 bits per heavy atom. The third-order valence-electron chi connectivity index (χ3n) is 4.80. The number of anilines is 2. The summed E-state index contributed by atoms with van der Waals surface area (Å²) in [7, 11) is 0. The molecular weight excluding hydrogens is 438 g/mol. The number of hydrogen-bond donors (Lipinski definition) is 3. The Morgan fingerprint density at radius 1 is 1.28 bits per heavy atom. The van der Waals surface area contributed by atoms with Crippen LogP contribution in [0, 0.1) is 5.41 Å². The molecule has 1 unspecified atom stereocenters. The number of fused-ring (bicyclic) bond motifs is 1. The molecule has 32 heavy (non-hydrogen) atoms. The van der Waals surface area contributed by atoms with Crippen molar-refractivity contribution in [1.29, 1.82) is 5.41 Å². The molecule has 9 nitrogen and oxygen atoms in total. The molecule has 0 bridgehead atoms. The number of nitrogens with one attached hydrogen (secondary N) is 3. The predicted octanol–water partition coefficient (Wildman–Crippen LogP) is 3.89. The van der Waals surface area contributed by atoms with Crippen molar-refractivity contribution in [2.24, 2.45) is 0 Å². The van der Waals surface area contributed by atoms with Crippen molar-refractivity contribution >= 4 is 45.8 Å². The van der Waals surface area contributed by atoms with E-state index in [2.05, 4.69) is 30.0 Å². The molecule has 1 aliphatic rings. The van der Waals surface area contributed by atoms with E-state index in [1.54, 1.807) is 12.1 Å². The van der Waals surface area contributed by atoms with Gasteiger partial charge in [0, 0.05) is 37.4 Å². The van der Waals surface area contributed by atoms with Gasteiger partial charge >= 0.3 is 0 Å². The fourth-order valence-electron chi connectivity index (χ4n) is 3.15. The van der Waals surface area contributed by atoms with Crippen molar-refractivity contribution in [1.82, 2.24) is 29.2 Å². The van der Waals surface area contributed by atoms with Gasteiger partial charge in [0.2, 0.25) is 0 Å². The molecule has 168 valence electrons. The summed E-state index contributed by atoms with van der Waals surface area (Å²) in [5.41, 5.74) is 1.28. The van der Waals surface area contributed by atoms with Crippen molar-refractivity contribution in [3.05, 3.63) is 42.4 Å². The van der Waals surface area contributed by atoms with Crippen molar-refractivity contribution in [2.75, 3.05) is 5.32 Å². The van der Waals surface area contributed by atoms with Crippen molar-refractivity contribution in [3.8, 4) is 0 Å². The summed E-state index contributed by atoms with van der Waals surface area (Å²) in [5, 5.41) is 10.8. The Hall–Kier alpha value is -3.12. The molecule has 3 heterocycles. The average molecular weight is 461 g/mol. The topological polar surface area (TPSA) is 127 Å². The van der Waals surface area contributed by atoms with Crippen LogP contribution in [-0.4, -0.2) is 40.5 Å². The molecule has 3 aromatic rings. The number of alkyl halides is 2. The lowest BCUT2D eigenvalue weighted by Gasteiger charge is -2.13. The number of hydrogen-bond acceptors (Lipinski definition) is 8. The highest BCUT2D eigenvalue weighted by Crippen LogP contribution is 2.29. The number of pyridine rings is 1. The largest absolute Gasteiger partial charge is 0.593 e. The van der Waals surface area contributed by atoms with E-state index in [1.165, 1.54) is 23.2 Å². The van der Waals surface area contributed by atoms with Gasteiger partial charge in [-0.15, -0.1) is 0 Å². The summed E-state index contributed by atoms with van der Waals surface area (Å²) < 4.78 is 43.0. The summed E-state index contributed by atoms with van der Waals surface area (Å²) in [5.74, 6) is 0.773. The van der Waals surface area contributed by atoms with Gasteiger partial charge < -0.3 is 19.8 Å². The molecule has 0 saturated heterocycles. The highest BCUT2D eigenvalue weighted by Gasteiger charge is 2.34. The van der Waals surface area contributed by atoms with Crippen LogP contribution >= 0.6 is 0 Å². The van der Waals surface area contributed by atoms with E-state index in [9.17, 15) is 13.3 Å². The number of halogens is 2. The Bertz CT molecular complexity index is 1160. The van der Waals surface area contributed by atoms with Crippen molar-refractivity contribution in [3.63, 3.8) is 0 Å². The minimum absolute atomic E-state index is 0.151. The molecule has 1 saturated carbocycles. The predicted molar refractivity (Wildman–Crippen MR) is 119 cm³/mol. The molecule has 1 aliphatic carbocycles. The highest BCUT2D eigenvalue weighted by atomic mass is 32.2. The van der Waals surface area contributed by atoms with Gasteiger partial charge in [-0.05, 0) is 19.9 Å². The van der Waals surface area contributed by atoms with Crippen LogP contribution in [0.1, 0.15) is 50.8 Å². The van der Waals surface area contributed by atoms with Crippen LogP contribution in [0.2, 0.25) is 0 Å². The molecule has 3 N–H and O–H groups in total. The summed E-state index contributed by atoms with van der Waals surface area (Å²) in [6.07, 6.45) is 4.66. The molecular formula is C20H22F2N8OS. The Morgan fingerprint density at radius 2 is 2.06 bits per heavy atom. The minimum atomic E-state index is -2.69. The van der Waals surface area contributed by atoms with Gasteiger partial charge in [-0.25, -0.2) is 33.4 Å². The number of imidazole rings is 1. The highest BCUT2D eigenvalue weighted by molar-refractivity contribution is 7.90. The third-order valence-corrected chi connectivity index (χ3v) is 6.22. The van der Waals surface area contributed by atoms with E-state index in [4.69, 9.17) is 5.41 Å². The van der Waals surface area contributed by atoms with Crippen LogP contribution in [0.5, 0.6) is 0 Å². The molecule has 4 rings (SSSR count). The fraction of sp³-hybridized carbons (Fsp3) is 0.350. The second-order valence-electron chi connectivity index (χ2n) is 7.54. The fourth-order valence-corrected chi connectivity index (χ4v) is 4.15. The molecule has 0 aromatic carbocycles. The van der Waals surface area contributed by atoms with Crippen molar-refractivity contribution < 1.29 is 13.3 Å². The number of allylic oxidation sites excluding steroid dienone is 1. The third kappa shape index (κ3) is 4.70. The lowest BCUT2D eigenvalue weighted by molar-refractivity contribution is 0.134. The monoisotopic (exact) mass is 460 g/mol. The standard InChI is InChI=1S/C20H22F2N8OS/c1-11(2)30-15-7-17(25-10-14(15)27-20(30)18(21)22)28-16-5-6-24-19(29-16)12(8-23)9-26-32(31)13-3-4-13/h5-11,13,18,23,26H,3-4H2,1-2H3,(H,24,25,28,29)/b12-9+,23-8?. The van der Waals surface area contributed by atoms with Gasteiger partial charge in [0.05, 0.1) is 34.8 Å². The van der Waals surface area contributed by atoms with E-state index in [1.807, 2.05) is 13.8 Å². The maximum absolute atomic E-state index is 13.4. The lowest BCUT2D eigenvalue weighted by Crippen LogP contribution is -2.22. The number of rotatable bonds is 9. The molecule has 0 aliphatic heterocycles. The van der Waals surface area contributed by atoms with E-state index in [0.29, 0.717) is 28.2 Å². The summed E-state index contributed by atoms with van der Waals surface area (Å²) >= 11 is -1.19. The Kier molecular flexibility index (Phi) is 6.33. The first kappa shape index (κ1) is 22.1. The molecule has 0 spiro atoms. The van der Waals surface area contributed by atoms with Gasteiger partial charge in [-0.3, -0.25) is 0 Å². The summed E-state index contributed by atoms with van der Waals surface area (Å²) in [4.78, 5) is 16.8. The van der Waals surface area contributed by atoms with Crippen LogP contribution in [0.25, 0.3) is 16.6 Å². The first-order valence-corrected chi connectivity index (χ1v) is 11.2. The second-order valence-corrected chi connectivity index (χ2v) is 9.04. The van der Waals surface area contributed by atoms with Gasteiger partial charge in [0.25, 0.3) is 6.43 Å². The quantitative estimate of drug-likeness (QED) is 0.326. The lowest BCUT2D eigenvalue weighted by atomic mass is 10.3. The SMILES string of the molecule is CC(C)n1c(C(F)F)nc2cnc(Nc3ccnc(/C(C=N)=C/N[S+]([O-])C4CC4)n3)cc21. The minimum Gasteiger partial charge on any atom is -0.593 e. The molecule has 12 heteroatoms. The average Bonchev–Trinajstić information content (AvgIpc) is 3.54. The second kappa shape index (κ2) is 9.17. The smallest absolute Gasteiger partial charge is 0.295 e. The normalized spacial score (nSPS) is 15.4. The summed E-state index contributed by atoms with van der Waals surface area (Å²) in [6, 6.07) is 3.06. The zero-order valence-electron chi connectivity index (χ0n) is 17.4. The first-order valence-electron chi connectivity index (χ1n) is 10.0. The van der Waals surface area contributed by atoms with Crippen molar-refractivity contribution in [2.45, 2.75) is 44.4 Å². The van der Waals surface area contributed by atoms with Crippen LogP contribution < -0.4 is 10.0 Å². The van der Waals surface area contributed by atoms with Gasteiger partial charge in [0.15, 0.2) is 11.6 Å². The zero-order chi connectivity index (χ0) is 22.8. The molecule has 0 radical (unpaired) electrons. The molecule has 1 atom stereocenters. The van der Waals surface area contributed by atoms with Crippen LogP contribution in [0.15, 0.2) is 30.7 Å². The van der Waals surface area contributed by atoms with E-state index < -0.39 is 17.8 Å².